The number of carboxylic acids is 2. The second-order valence-electron chi connectivity index (χ2n) is 5.92. The van der Waals surface area contributed by atoms with E-state index in [1.54, 1.807) is 25.1 Å². The summed E-state index contributed by atoms with van der Waals surface area (Å²) in [7, 11) is 0. The van der Waals surface area contributed by atoms with Gasteiger partial charge in [0.25, 0.3) is 5.91 Å². The van der Waals surface area contributed by atoms with E-state index >= 15 is 0 Å². The number of anilines is 1. The van der Waals surface area contributed by atoms with Gasteiger partial charge in [-0.05, 0) is 48.7 Å². The van der Waals surface area contributed by atoms with E-state index in [1.165, 1.54) is 0 Å². The molecule has 1 aliphatic rings. The molecule has 3 rings (SSSR count). The van der Waals surface area contributed by atoms with Gasteiger partial charge < -0.3 is 20.5 Å². The highest BCUT2D eigenvalue weighted by molar-refractivity contribution is 9.10. The molecule has 2 aromatic rings. The molecule has 134 valence electrons. The lowest BCUT2D eigenvalue weighted by Gasteiger charge is -2.02. The van der Waals surface area contributed by atoms with E-state index in [0.29, 0.717) is 33.6 Å². The van der Waals surface area contributed by atoms with Crippen molar-refractivity contribution in [3.63, 3.8) is 0 Å². The first-order valence-corrected chi connectivity index (χ1v) is 8.56. The molecule has 0 saturated carbocycles. The summed E-state index contributed by atoms with van der Waals surface area (Å²) in [6.07, 6.45) is 1.60. The van der Waals surface area contributed by atoms with Crippen LogP contribution in [0.25, 0.3) is 11.6 Å². The van der Waals surface area contributed by atoms with Crippen LogP contribution in [0.5, 0.6) is 0 Å². The van der Waals surface area contributed by atoms with Crippen LogP contribution in [0.4, 0.5) is 5.69 Å². The zero-order valence-electron chi connectivity index (χ0n) is 13.7. The average molecular weight is 419 g/mol. The lowest BCUT2D eigenvalue weighted by atomic mass is 10.0. The summed E-state index contributed by atoms with van der Waals surface area (Å²) in [4.78, 5) is 37.5. The monoisotopic (exact) mass is 418 g/mol. The highest BCUT2D eigenvalue weighted by atomic mass is 79.9. The fourth-order valence-electron chi connectivity index (χ4n) is 3.00. The molecule has 0 radical (unpaired) electrons. The van der Waals surface area contributed by atoms with Gasteiger partial charge in [0, 0.05) is 27.8 Å². The molecule has 26 heavy (non-hydrogen) atoms. The quantitative estimate of drug-likeness (QED) is 0.555. The van der Waals surface area contributed by atoms with Crippen LogP contribution in [0.2, 0.25) is 0 Å². The molecular formula is C18H15BrN2O5. The Balaban J connectivity index is 2.12. The number of hydrogen-bond acceptors (Lipinski definition) is 3. The second kappa shape index (κ2) is 6.80. The zero-order valence-corrected chi connectivity index (χ0v) is 15.3. The van der Waals surface area contributed by atoms with Crippen molar-refractivity contribution in [1.82, 2.24) is 4.98 Å². The number of aromatic amines is 1. The van der Waals surface area contributed by atoms with Crippen LogP contribution in [0.15, 0.2) is 22.7 Å². The molecule has 1 amide bonds. The number of aromatic nitrogens is 1. The van der Waals surface area contributed by atoms with Gasteiger partial charge in [-0.3, -0.25) is 9.59 Å². The SMILES string of the molecule is Cc1c(C(=O)O)[nH]c(/C=C2\C(=O)Nc3ccc(Br)cc32)c1CCC(=O)O. The minimum absolute atomic E-state index is 0.00916. The molecule has 0 atom stereocenters. The second-order valence-corrected chi connectivity index (χ2v) is 6.83. The first kappa shape index (κ1) is 17.9. The summed E-state index contributed by atoms with van der Waals surface area (Å²) in [5.74, 6) is -2.41. The molecule has 0 bridgehead atoms. The van der Waals surface area contributed by atoms with Crippen molar-refractivity contribution >= 4 is 51.1 Å². The van der Waals surface area contributed by atoms with Crippen LogP contribution in [0.1, 0.15) is 39.3 Å². The smallest absolute Gasteiger partial charge is 0.352 e. The van der Waals surface area contributed by atoms with Gasteiger partial charge in [0.15, 0.2) is 0 Å². The lowest BCUT2D eigenvalue weighted by Crippen LogP contribution is -2.04. The Kier molecular flexibility index (Phi) is 4.69. The Labute approximate surface area is 156 Å². The third-order valence-electron chi connectivity index (χ3n) is 4.27. The first-order valence-electron chi connectivity index (χ1n) is 7.77. The highest BCUT2D eigenvalue weighted by Crippen LogP contribution is 2.36. The standard InChI is InChI=1S/C18H15BrN2O5/c1-8-10(3-5-15(22)23)14(20-16(8)18(25)26)7-12-11-6-9(19)2-4-13(11)21-17(12)24/h2,4,6-7,20H,3,5H2,1H3,(H,21,24)(H,22,23)(H,25,26)/b12-7-. The molecule has 1 aromatic heterocycles. The van der Waals surface area contributed by atoms with Crippen molar-refractivity contribution in [3.05, 3.63) is 50.8 Å². The summed E-state index contributed by atoms with van der Waals surface area (Å²) < 4.78 is 0.804. The lowest BCUT2D eigenvalue weighted by molar-refractivity contribution is -0.137. The van der Waals surface area contributed by atoms with Crippen molar-refractivity contribution in [2.45, 2.75) is 19.8 Å². The van der Waals surface area contributed by atoms with Gasteiger partial charge in [0.05, 0.1) is 5.57 Å². The normalized spacial score (nSPS) is 14.4. The minimum atomic E-state index is -1.14. The van der Waals surface area contributed by atoms with E-state index < -0.39 is 11.9 Å². The molecule has 0 fully saturated rings. The number of H-pyrrole nitrogens is 1. The van der Waals surface area contributed by atoms with Crippen LogP contribution in [0, 0.1) is 6.92 Å². The number of amides is 1. The molecular weight excluding hydrogens is 404 g/mol. The number of aliphatic carboxylic acids is 1. The van der Waals surface area contributed by atoms with E-state index in [2.05, 4.69) is 26.2 Å². The number of carboxylic acid groups (broad SMARTS) is 2. The molecule has 2 heterocycles. The largest absolute Gasteiger partial charge is 0.481 e. The van der Waals surface area contributed by atoms with Crippen molar-refractivity contribution in [2.24, 2.45) is 0 Å². The van der Waals surface area contributed by atoms with Crippen LogP contribution in [0.3, 0.4) is 0 Å². The molecule has 7 nitrogen and oxygen atoms in total. The summed E-state index contributed by atoms with van der Waals surface area (Å²) in [6, 6.07) is 5.37. The molecule has 0 spiro atoms. The van der Waals surface area contributed by atoms with Crippen molar-refractivity contribution in [3.8, 4) is 0 Å². The molecule has 0 unspecified atom stereocenters. The maximum Gasteiger partial charge on any atom is 0.352 e. The summed E-state index contributed by atoms with van der Waals surface area (Å²) >= 11 is 3.37. The van der Waals surface area contributed by atoms with E-state index in [0.717, 1.165) is 4.47 Å². The predicted molar refractivity (Wildman–Crippen MR) is 99.1 cm³/mol. The molecule has 0 saturated heterocycles. The number of fused-ring (bicyclic) bond motifs is 1. The maximum absolute atomic E-state index is 12.3. The first-order chi connectivity index (χ1) is 12.3. The third-order valence-corrected chi connectivity index (χ3v) is 4.76. The van der Waals surface area contributed by atoms with E-state index in [4.69, 9.17) is 5.11 Å². The van der Waals surface area contributed by atoms with Crippen LogP contribution >= 0.6 is 15.9 Å². The fourth-order valence-corrected chi connectivity index (χ4v) is 3.36. The van der Waals surface area contributed by atoms with Crippen LogP contribution < -0.4 is 5.32 Å². The number of halogens is 1. The average Bonchev–Trinajstić information content (AvgIpc) is 3.03. The van der Waals surface area contributed by atoms with E-state index in [9.17, 15) is 19.5 Å². The van der Waals surface area contributed by atoms with Gasteiger partial charge >= 0.3 is 11.9 Å². The van der Waals surface area contributed by atoms with Gasteiger partial charge in [-0.2, -0.15) is 0 Å². The number of benzene rings is 1. The van der Waals surface area contributed by atoms with Crippen LogP contribution in [-0.2, 0) is 16.0 Å². The third kappa shape index (κ3) is 3.28. The Morgan fingerprint density at radius 3 is 2.65 bits per heavy atom. The van der Waals surface area contributed by atoms with Crippen LogP contribution in [-0.4, -0.2) is 33.0 Å². The Morgan fingerprint density at radius 2 is 2.00 bits per heavy atom. The van der Waals surface area contributed by atoms with Gasteiger partial charge in [-0.15, -0.1) is 0 Å². The maximum atomic E-state index is 12.3. The summed E-state index contributed by atoms with van der Waals surface area (Å²) in [5, 5.41) is 21.0. The molecule has 4 N–H and O–H groups in total. The fraction of sp³-hybridized carbons (Fsp3) is 0.167. The number of rotatable bonds is 5. The van der Waals surface area contributed by atoms with E-state index in [1.807, 2.05) is 6.07 Å². The Morgan fingerprint density at radius 1 is 1.27 bits per heavy atom. The number of aromatic carboxylic acids is 1. The van der Waals surface area contributed by atoms with Crippen molar-refractivity contribution in [1.29, 1.82) is 0 Å². The summed E-state index contributed by atoms with van der Waals surface area (Å²) in [6.45, 7) is 1.62. The highest BCUT2D eigenvalue weighted by Gasteiger charge is 2.26. The Hall–Kier alpha value is -2.87. The molecule has 1 aromatic carbocycles. The predicted octanol–water partition coefficient (Wildman–Crippen LogP) is 3.29. The van der Waals surface area contributed by atoms with Gasteiger partial charge in [-0.1, -0.05) is 15.9 Å². The minimum Gasteiger partial charge on any atom is -0.481 e. The van der Waals surface area contributed by atoms with Crippen molar-refractivity contribution < 1.29 is 24.6 Å². The van der Waals surface area contributed by atoms with Gasteiger partial charge in [-0.25, -0.2) is 4.79 Å². The Bertz CT molecular complexity index is 974. The van der Waals surface area contributed by atoms with Crippen molar-refractivity contribution in [2.75, 3.05) is 5.32 Å². The number of carbonyl (C=O) groups is 3. The number of hydrogen-bond donors (Lipinski definition) is 4. The zero-order chi connectivity index (χ0) is 19.0. The summed E-state index contributed by atoms with van der Waals surface area (Å²) in [5.41, 5.74) is 3.21. The number of nitrogens with one attached hydrogen (secondary N) is 2. The molecule has 8 heteroatoms. The number of carbonyl (C=O) groups excluding carboxylic acids is 1. The van der Waals surface area contributed by atoms with E-state index in [-0.39, 0.29) is 24.4 Å². The van der Waals surface area contributed by atoms with Gasteiger partial charge in [0.1, 0.15) is 5.69 Å². The topological polar surface area (TPSA) is 119 Å². The van der Waals surface area contributed by atoms with Gasteiger partial charge in [0.2, 0.25) is 0 Å². The molecule has 0 aliphatic carbocycles. The molecule has 1 aliphatic heterocycles.